The van der Waals surface area contributed by atoms with Gasteiger partial charge in [0, 0.05) is 17.0 Å². The Kier molecular flexibility index (Phi) is 5.07. The van der Waals surface area contributed by atoms with Crippen LogP contribution in [0.5, 0.6) is 0 Å². The van der Waals surface area contributed by atoms with E-state index < -0.39 is 34.6 Å². The largest absolute Gasteiger partial charge is 0.458 e. The van der Waals surface area contributed by atoms with Crippen molar-refractivity contribution >= 4 is 10.8 Å². The van der Waals surface area contributed by atoms with Gasteiger partial charge in [-0.15, -0.1) is 0 Å². The minimum Gasteiger partial charge on any atom is -0.206 e. The van der Waals surface area contributed by atoms with E-state index in [1.165, 1.54) is 12.0 Å². The summed E-state index contributed by atoms with van der Waals surface area (Å²) in [6, 6.07) is 10.2. The lowest BCUT2D eigenvalue weighted by atomic mass is 10.0. The van der Waals surface area contributed by atoms with Crippen molar-refractivity contribution in [2.24, 2.45) is 0 Å². The van der Waals surface area contributed by atoms with Crippen LogP contribution in [-0.4, -0.2) is 6.18 Å². The number of fused-ring (bicyclic) bond motifs is 1. The highest BCUT2D eigenvalue weighted by Crippen LogP contribution is 2.27. The monoisotopic (exact) mass is 388 g/mol. The molecule has 0 saturated carbocycles. The van der Waals surface area contributed by atoms with E-state index >= 15 is 0 Å². The van der Waals surface area contributed by atoms with E-state index in [1.807, 2.05) is 19.1 Å². The number of hydrogen-bond acceptors (Lipinski definition) is 0. The van der Waals surface area contributed by atoms with Crippen LogP contribution in [0.2, 0.25) is 0 Å². The normalized spacial score (nSPS) is 10.8. The molecule has 28 heavy (non-hydrogen) atoms. The average Bonchev–Trinajstić information content (AvgIpc) is 2.59. The van der Waals surface area contributed by atoms with E-state index in [-0.39, 0.29) is 10.9 Å². The van der Waals surface area contributed by atoms with E-state index in [2.05, 4.69) is 11.8 Å². The molecule has 0 saturated heterocycles. The summed E-state index contributed by atoms with van der Waals surface area (Å²) >= 11 is 0. The van der Waals surface area contributed by atoms with E-state index in [0.29, 0.717) is 5.56 Å². The van der Waals surface area contributed by atoms with Gasteiger partial charge in [0.2, 0.25) is 0 Å². The second-order valence-electron chi connectivity index (χ2n) is 5.97. The Morgan fingerprint density at radius 3 is 2.04 bits per heavy atom. The number of halogens is 6. The molecule has 3 aromatic rings. The molecular weight excluding hydrogens is 378 g/mol. The van der Waals surface area contributed by atoms with Crippen LogP contribution in [0.3, 0.4) is 0 Å². The molecule has 0 amide bonds. The average molecular weight is 388 g/mol. The Morgan fingerprint density at radius 2 is 1.39 bits per heavy atom. The van der Waals surface area contributed by atoms with Gasteiger partial charge in [0.15, 0.2) is 5.82 Å². The Balaban J connectivity index is 2.09. The first-order valence-electron chi connectivity index (χ1n) is 7.94. The summed E-state index contributed by atoms with van der Waals surface area (Å²) in [5.41, 5.74) is 0.736. The molecular formula is C22H10F6. The maximum atomic E-state index is 14.4. The van der Waals surface area contributed by atoms with Crippen molar-refractivity contribution in [3.05, 3.63) is 82.2 Å². The van der Waals surface area contributed by atoms with Gasteiger partial charge in [-0.1, -0.05) is 35.5 Å². The molecule has 3 aromatic carbocycles. The number of hydrogen-bond donors (Lipinski definition) is 0. The third-order valence-corrected chi connectivity index (χ3v) is 3.81. The summed E-state index contributed by atoms with van der Waals surface area (Å²) in [5, 5.41) is -0.811. The highest BCUT2D eigenvalue weighted by atomic mass is 19.4. The molecule has 6 heteroatoms. The SMILES string of the molecule is Cc1ccc(C#Cc2cc(F)c3c(F)c(C#CC(F)(F)F)c(F)cc3c2)cc1. The van der Waals surface area contributed by atoms with Crippen molar-refractivity contribution in [3.8, 4) is 23.7 Å². The predicted molar refractivity (Wildman–Crippen MR) is 93.9 cm³/mol. The van der Waals surface area contributed by atoms with Gasteiger partial charge >= 0.3 is 6.18 Å². The van der Waals surface area contributed by atoms with Crippen molar-refractivity contribution in [1.82, 2.24) is 0 Å². The first-order chi connectivity index (χ1) is 13.1. The van der Waals surface area contributed by atoms with Crippen LogP contribution < -0.4 is 0 Å². The van der Waals surface area contributed by atoms with Gasteiger partial charge in [-0.05, 0) is 42.6 Å². The molecule has 3 rings (SSSR count). The number of rotatable bonds is 0. The van der Waals surface area contributed by atoms with Crippen LogP contribution in [0.15, 0.2) is 42.5 Å². The molecule has 0 unspecified atom stereocenters. The lowest BCUT2D eigenvalue weighted by Crippen LogP contribution is -2.03. The molecule has 0 spiro atoms. The molecule has 0 radical (unpaired) electrons. The molecule has 0 aromatic heterocycles. The van der Waals surface area contributed by atoms with Crippen LogP contribution in [0.25, 0.3) is 10.8 Å². The number of benzene rings is 3. The summed E-state index contributed by atoms with van der Waals surface area (Å²) < 4.78 is 79.4. The van der Waals surface area contributed by atoms with Crippen molar-refractivity contribution in [1.29, 1.82) is 0 Å². The second-order valence-corrected chi connectivity index (χ2v) is 5.97. The zero-order chi connectivity index (χ0) is 20.5. The van der Waals surface area contributed by atoms with Gasteiger partial charge in [0.25, 0.3) is 0 Å². The summed E-state index contributed by atoms with van der Waals surface area (Å²) in [6.45, 7) is 1.91. The first-order valence-corrected chi connectivity index (χ1v) is 7.94. The fraction of sp³-hybridized carbons (Fsp3) is 0.0909. The minimum atomic E-state index is -4.93. The highest BCUT2D eigenvalue weighted by Gasteiger charge is 2.24. The van der Waals surface area contributed by atoms with Crippen LogP contribution in [0.4, 0.5) is 26.3 Å². The molecule has 0 aliphatic rings. The maximum Gasteiger partial charge on any atom is 0.458 e. The highest BCUT2D eigenvalue weighted by molar-refractivity contribution is 5.87. The molecule has 0 aliphatic carbocycles. The van der Waals surface area contributed by atoms with Crippen LogP contribution in [0.1, 0.15) is 22.3 Å². The molecule has 0 fully saturated rings. The summed E-state index contributed by atoms with van der Waals surface area (Å²) in [6.07, 6.45) is -4.93. The molecule has 0 nitrogen and oxygen atoms in total. The van der Waals surface area contributed by atoms with Crippen LogP contribution in [-0.2, 0) is 0 Å². The predicted octanol–water partition coefficient (Wildman–Crippen LogP) is 5.88. The fourth-order valence-corrected chi connectivity index (χ4v) is 2.51. The zero-order valence-corrected chi connectivity index (χ0v) is 14.3. The van der Waals surface area contributed by atoms with Gasteiger partial charge < -0.3 is 0 Å². The van der Waals surface area contributed by atoms with Crippen molar-refractivity contribution < 1.29 is 26.3 Å². The van der Waals surface area contributed by atoms with Crippen molar-refractivity contribution in [3.63, 3.8) is 0 Å². The van der Waals surface area contributed by atoms with E-state index in [1.54, 1.807) is 12.1 Å². The molecule has 0 atom stereocenters. The molecule has 0 heterocycles. The Bertz CT molecular complexity index is 1180. The van der Waals surface area contributed by atoms with Crippen molar-refractivity contribution in [2.75, 3.05) is 0 Å². The maximum absolute atomic E-state index is 14.4. The summed E-state index contributed by atoms with van der Waals surface area (Å²) in [4.78, 5) is 0. The van der Waals surface area contributed by atoms with Gasteiger partial charge in [-0.25, -0.2) is 13.2 Å². The molecule has 0 bridgehead atoms. The number of aryl methyl sites for hydroxylation is 1. The quantitative estimate of drug-likeness (QED) is 0.333. The Hall–Kier alpha value is -3.38. The second kappa shape index (κ2) is 7.32. The topological polar surface area (TPSA) is 0 Å². The Morgan fingerprint density at radius 1 is 0.750 bits per heavy atom. The summed E-state index contributed by atoms with van der Waals surface area (Å²) in [5.74, 6) is 3.81. The van der Waals surface area contributed by atoms with Gasteiger partial charge in [0.05, 0.1) is 10.9 Å². The Labute approximate surface area is 156 Å². The minimum absolute atomic E-state index is 0.165. The van der Waals surface area contributed by atoms with Crippen molar-refractivity contribution in [2.45, 2.75) is 13.1 Å². The van der Waals surface area contributed by atoms with E-state index in [4.69, 9.17) is 0 Å². The molecule has 0 N–H and O–H groups in total. The standard InChI is InChI=1S/C22H10F6/c1-13-2-4-14(5-3-13)6-7-15-10-16-12-18(23)17(8-9-22(26,27)28)21(25)20(16)19(24)11-15/h2-5,10-12H,1H3. The fourth-order valence-electron chi connectivity index (χ4n) is 2.51. The zero-order valence-electron chi connectivity index (χ0n) is 14.3. The van der Waals surface area contributed by atoms with Crippen LogP contribution in [0, 0.1) is 48.1 Å². The smallest absolute Gasteiger partial charge is 0.206 e. The lowest BCUT2D eigenvalue weighted by Gasteiger charge is -2.06. The van der Waals surface area contributed by atoms with Gasteiger partial charge in [-0.2, -0.15) is 13.2 Å². The van der Waals surface area contributed by atoms with Crippen LogP contribution >= 0.6 is 0 Å². The third-order valence-electron chi connectivity index (χ3n) is 3.81. The van der Waals surface area contributed by atoms with Gasteiger partial charge in [0.1, 0.15) is 11.6 Å². The molecule has 0 aliphatic heterocycles. The van der Waals surface area contributed by atoms with Gasteiger partial charge in [-0.3, -0.25) is 0 Å². The molecule has 140 valence electrons. The lowest BCUT2D eigenvalue weighted by molar-refractivity contribution is -0.0696. The van der Waals surface area contributed by atoms with E-state index in [9.17, 15) is 26.3 Å². The summed E-state index contributed by atoms with van der Waals surface area (Å²) in [7, 11) is 0. The van der Waals surface area contributed by atoms with E-state index in [0.717, 1.165) is 23.6 Å². The first kappa shape index (κ1) is 19.4. The number of alkyl halides is 3. The third kappa shape index (κ3) is 4.29.